The van der Waals surface area contributed by atoms with Crippen LogP contribution in [0.25, 0.3) is 0 Å². The number of carbonyl (C=O) groups excluding carboxylic acids is 2. The second-order valence-corrected chi connectivity index (χ2v) is 13.2. The lowest BCUT2D eigenvalue weighted by Crippen LogP contribution is -2.46. The average molecular weight is 663 g/mol. The van der Waals surface area contributed by atoms with Gasteiger partial charge >= 0.3 is 0 Å². The summed E-state index contributed by atoms with van der Waals surface area (Å²) in [7, 11) is 3.80. The number of aryl methyl sites for hydroxylation is 1. The zero-order chi connectivity index (χ0) is 30.8. The van der Waals surface area contributed by atoms with Gasteiger partial charge in [0.05, 0.1) is 17.8 Å². The lowest BCUT2D eigenvalue weighted by Gasteiger charge is -2.37. The van der Waals surface area contributed by atoms with Crippen molar-refractivity contribution in [1.29, 1.82) is 0 Å². The van der Waals surface area contributed by atoms with Gasteiger partial charge in [-0.25, -0.2) is 4.68 Å². The Balaban J connectivity index is 1.02. The van der Waals surface area contributed by atoms with E-state index in [1.54, 1.807) is 13.2 Å². The predicted octanol–water partition coefficient (Wildman–Crippen LogP) is 3.29. The van der Waals surface area contributed by atoms with Crippen molar-refractivity contribution in [3.05, 3.63) is 86.2 Å². The molecule has 3 aromatic rings. The third-order valence-electron chi connectivity index (χ3n) is 9.18. The van der Waals surface area contributed by atoms with Crippen LogP contribution >= 0.6 is 15.9 Å². The highest BCUT2D eigenvalue weighted by Crippen LogP contribution is 2.31. The summed E-state index contributed by atoms with van der Waals surface area (Å²) in [5.41, 5.74) is 5.37. The number of likely N-dealkylation sites (N-methyl/N-ethyl adjacent to an activating group) is 1. The van der Waals surface area contributed by atoms with E-state index in [0.29, 0.717) is 23.2 Å². The van der Waals surface area contributed by atoms with Crippen LogP contribution in [0.4, 0.5) is 11.4 Å². The molecule has 4 heterocycles. The molecule has 2 aromatic carbocycles. The number of amides is 2. The van der Waals surface area contributed by atoms with Gasteiger partial charge in [0.25, 0.3) is 5.56 Å². The van der Waals surface area contributed by atoms with Crippen molar-refractivity contribution in [2.45, 2.75) is 43.7 Å². The van der Waals surface area contributed by atoms with Crippen LogP contribution in [0, 0.1) is 0 Å². The summed E-state index contributed by atoms with van der Waals surface area (Å²) in [5, 5.41) is 10.2. The molecular formula is C33H40BrN7O3. The smallest absolute Gasteiger partial charge is 0.282 e. The Morgan fingerprint density at radius 3 is 2.50 bits per heavy atom. The quantitative estimate of drug-likeness (QED) is 0.372. The summed E-state index contributed by atoms with van der Waals surface area (Å²) in [6.07, 6.45) is 3.66. The monoisotopic (exact) mass is 661 g/mol. The van der Waals surface area contributed by atoms with Crippen molar-refractivity contribution in [2.24, 2.45) is 7.05 Å². The highest BCUT2D eigenvalue weighted by Gasteiger charge is 2.29. The number of likely N-dealkylation sites (tertiary alicyclic amines) is 1. The molecule has 1 aromatic heterocycles. The van der Waals surface area contributed by atoms with Crippen molar-refractivity contribution in [3.63, 3.8) is 0 Å². The van der Waals surface area contributed by atoms with Crippen LogP contribution in [0.3, 0.4) is 0 Å². The summed E-state index contributed by atoms with van der Waals surface area (Å²) < 4.78 is 1.85. The Morgan fingerprint density at radius 2 is 1.75 bits per heavy atom. The van der Waals surface area contributed by atoms with Gasteiger partial charge in [-0.05, 0) is 70.6 Å². The molecule has 0 radical (unpaired) electrons. The largest absolute Gasteiger partial charge is 0.379 e. The fourth-order valence-corrected chi connectivity index (χ4v) is 7.24. The molecule has 3 aliphatic heterocycles. The van der Waals surface area contributed by atoms with E-state index in [0.717, 1.165) is 69.2 Å². The molecule has 11 heteroatoms. The molecule has 0 aliphatic carbocycles. The van der Waals surface area contributed by atoms with E-state index in [4.69, 9.17) is 0 Å². The molecule has 1 unspecified atom stereocenters. The Hall–Kier alpha value is -3.54. The normalized spacial score (nSPS) is 23.4. The Bertz CT molecular complexity index is 1570. The van der Waals surface area contributed by atoms with E-state index in [1.165, 1.54) is 15.8 Å². The molecule has 3 atom stereocenters. The van der Waals surface area contributed by atoms with Gasteiger partial charge in [0.15, 0.2) is 0 Å². The number of aromatic nitrogens is 2. The molecule has 232 valence electrons. The first-order valence-electron chi connectivity index (χ1n) is 15.4. The third-order valence-corrected chi connectivity index (χ3v) is 9.94. The average Bonchev–Trinajstić information content (AvgIpc) is 3.02. The second kappa shape index (κ2) is 13.2. The molecule has 3 aliphatic rings. The van der Waals surface area contributed by atoms with E-state index in [2.05, 4.69) is 89.8 Å². The summed E-state index contributed by atoms with van der Waals surface area (Å²) in [5.74, 6) is -0.224. The molecule has 10 nitrogen and oxygen atoms in total. The SMILES string of the molecule is CN1C[C@@H](Nc2cnn(C)c(=O)c2Br)C[C@@H](c2ccc(CN3CCN(c4cccc(C5CCC(=O)NC5=O)c4)CC3)cc2)C1. The molecule has 3 fully saturated rings. The van der Waals surface area contributed by atoms with Crippen molar-refractivity contribution < 1.29 is 9.59 Å². The van der Waals surface area contributed by atoms with Gasteiger partial charge in [-0.15, -0.1) is 0 Å². The third kappa shape index (κ3) is 6.90. The van der Waals surface area contributed by atoms with Gasteiger partial charge < -0.3 is 15.1 Å². The summed E-state index contributed by atoms with van der Waals surface area (Å²) >= 11 is 3.44. The van der Waals surface area contributed by atoms with Gasteiger partial charge in [0, 0.05) is 71.0 Å². The number of anilines is 2. The number of hydrogen-bond acceptors (Lipinski definition) is 8. The Labute approximate surface area is 266 Å². The minimum Gasteiger partial charge on any atom is -0.379 e. The molecular weight excluding hydrogens is 622 g/mol. The highest BCUT2D eigenvalue weighted by atomic mass is 79.9. The molecule has 2 N–H and O–H groups in total. The van der Waals surface area contributed by atoms with Crippen molar-refractivity contribution in [1.82, 2.24) is 24.9 Å². The zero-order valence-electron chi connectivity index (χ0n) is 25.3. The Morgan fingerprint density at radius 1 is 0.977 bits per heavy atom. The lowest BCUT2D eigenvalue weighted by molar-refractivity contribution is -0.134. The lowest BCUT2D eigenvalue weighted by atomic mass is 9.87. The number of halogens is 1. The number of carbonyl (C=O) groups is 2. The minimum absolute atomic E-state index is 0.147. The van der Waals surface area contributed by atoms with E-state index in [9.17, 15) is 14.4 Å². The Kier molecular flexibility index (Phi) is 9.16. The fraction of sp³-hybridized carbons (Fsp3) is 0.455. The van der Waals surface area contributed by atoms with Crippen LogP contribution < -0.4 is 21.1 Å². The maximum absolute atomic E-state index is 12.4. The van der Waals surface area contributed by atoms with Crippen LogP contribution in [0.15, 0.2) is 64.0 Å². The van der Waals surface area contributed by atoms with Crippen LogP contribution in [-0.2, 0) is 23.2 Å². The molecule has 0 bridgehead atoms. The maximum atomic E-state index is 12.4. The van der Waals surface area contributed by atoms with E-state index in [-0.39, 0.29) is 29.3 Å². The number of piperazine rings is 1. The van der Waals surface area contributed by atoms with E-state index >= 15 is 0 Å². The van der Waals surface area contributed by atoms with Crippen LogP contribution in [0.5, 0.6) is 0 Å². The van der Waals surface area contributed by atoms with Crippen molar-refractivity contribution in [2.75, 3.05) is 56.5 Å². The van der Waals surface area contributed by atoms with Crippen molar-refractivity contribution >= 4 is 39.1 Å². The van der Waals surface area contributed by atoms with Gasteiger partial charge in [0.2, 0.25) is 11.8 Å². The standard InChI is InChI=1S/C33H40BrN7O3/c1-38-20-25(16-26(21-38)36-29-18-35-39(2)33(44)31(29)34)23-8-6-22(7-9-23)19-40-12-14-41(15-13-40)27-5-3-4-24(17-27)28-10-11-30(42)37-32(28)43/h3-9,17-18,25-26,28,36H,10-16,19-21H2,1-2H3,(H,37,42,43)/t25-,26+,28?/m1/s1. The number of piperidine rings is 2. The summed E-state index contributed by atoms with van der Waals surface area (Å²) in [6.45, 7) is 6.63. The summed E-state index contributed by atoms with van der Waals surface area (Å²) in [4.78, 5) is 43.5. The van der Waals surface area contributed by atoms with Crippen LogP contribution in [0.1, 0.15) is 47.8 Å². The van der Waals surface area contributed by atoms with Gasteiger partial charge in [0.1, 0.15) is 4.47 Å². The van der Waals surface area contributed by atoms with E-state index < -0.39 is 0 Å². The fourth-order valence-electron chi connectivity index (χ4n) is 6.76. The zero-order valence-corrected chi connectivity index (χ0v) is 26.9. The number of imide groups is 1. The second-order valence-electron chi connectivity index (χ2n) is 12.4. The number of nitrogens with one attached hydrogen (secondary N) is 2. The molecule has 0 saturated carbocycles. The molecule has 6 rings (SSSR count). The predicted molar refractivity (Wildman–Crippen MR) is 175 cm³/mol. The van der Waals surface area contributed by atoms with E-state index in [1.807, 2.05) is 12.1 Å². The summed E-state index contributed by atoms with van der Waals surface area (Å²) in [6, 6.07) is 17.6. The first-order chi connectivity index (χ1) is 21.2. The van der Waals surface area contributed by atoms with Crippen LogP contribution in [-0.4, -0.2) is 83.8 Å². The minimum atomic E-state index is -0.257. The number of benzene rings is 2. The first kappa shape index (κ1) is 30.5. The van der Waals surface area contributed by atoms with Crippen molar-refractivity contribution in [3.8, 4) is 0 Å². The van der Waals surface area contributed by atoms with Gasteiger partial charge in [-0.1, -0.05) is 36.4 Å². The first-order valence-corrected chi connectivity index (χ1v) is 16.2. The molecule has 0 spiro atoms. The molecule has 3 saturated heterocycles. The topological polar surface area (TPSA) is 103 Å². The van der Waals surface area contributed by atoms with Crippen LogP contribution in [0.2, 0.25) is 0 Å². The number of hydrogen-bond donors (Lipinski definition) is 2. The molecule has 2 amide bonds. The highest BCUT2D eigenvalue weighted by molar-refractivity contribution is 9.10. The van der Waals surface area contributed by atoms with Gasteiger partial charge in [-0.3, -0.25) is 24.6 Å². The number of nitrogens with zero attached hydrogens (tertiary/aromatic N) is 5. The molecule has 44 heavy (non-hydrogen) atoms. The number of rotatable bonds is 7. The maximum Gasteiger partial charge on any atom is 0.282 e. The van der Waals surface area contributed by atoms with Gasteiger partial charge in [-0.2, -0.15) is 5.10 Å².